The molecule has 16 heavy (non-hydrogen) atoms. The third-order valence-electron chi connectivity index (χ3n) is 2.60. The highest BCUT2D eigenvalue weighted by Crippen LogP contribution is 2.40. The number of nitrogens with zero attached hydrogens (tertiary/aromatic N) is 2. The zero-order chi connectivity index (χ0) is 11.9. The van der Waals surface area contributed by atoms with E-state index in [0.717, 1.165) is 0 Å². The highest BCUT2D eigenvalue weighted by molar-refractivity contribution is 8.00. The molecule has 6 nitrogen and oxygen atoms in total. The van der Waals surface area contributed by atoms with E-state index in [1.807, 2.05) is 0 Å². The van der Waals surface area contributed by atoms with Crippen LogP contribution < -0.4 is 11.4 Å². The van der Waals surface area contributed by atoms with E-state index in [1.54, 1.807) is 6.92 Å². The van der Waals surface area contributed by atoms with Crippen LogP contribution in [0.2, 0.25) is 0 Å². The number of rotatable bonds is 1. The molecule has 7 heteroatoms. The Hall–Kier alpha value is -1.05. The molecular weight excluding hydrogens is 230 g/mol. The summed E-state index contributed by atoms with van der Waals surface area (Å²) in [5.41, 5.74) is 4.86. The van der Waals surface area contributed by atoms with Crippen LogP contribution in [0, 0.1) is 0 Å². The van der Waals surface area contributed by atoms with Crippen LogP contribution in [0.5, 0.6) is 0 Å². The molecule has 0 radical (unpaired) electrons. The van der Waals surface area contributed by atoms with Gasteiger partial charge in [0.15, 0.2) is 0 Å². The Kier molecular flexibility index (Phi) is 2.92. The summed E-state index contributed by atoms with van der Waals surface area (Å²) in [7, 11) is 0. The maximum absolute atomic E-state index is 11.6. The topological polar surface area (TPSA) is 101 Å². The van der Waals surface area contributed by atoms with E-state index in [4.69, 9.17) is 5.73 Å². The average molecular weight is 243 g/mol. The lowest BCUT2D eigenvalue weighted by molar-refractivity contribution is 0.0193. The van der Waals surface area contributed by atoms with Gasteiger partial charge in [-0.25, -0.2) is 4.79 Å². The van der Waals surface area contributed by atoms with Gasteiger partial charge in [-0.1, -0.05) is 6.92 Å². The number of anilines is 1. The predicted octanol–water partition coefficient (Wildman–Crippen LogP) is -0.819. The lowest BCUT2D eigenvalue weighted by Gasteiger charge is -2.17. The van der Waals surface area contributed by atoms with E-state index in [9.17, 15) is 15.0 Å². The Labute approximate surface area is 96.1 Å². The van der Waals surface area contributed by atoms with Gasteiger partial charge in [0.25, 0.3) is 0 Å². The lowest BCUT2D eigenvalue weighted by Crippen LogP contribution is -2.34. The largest absolute Gasteiger partial charge is 0.389 e. The minimum Gasteiger partial charge on any atom is -0.389 e. The van der Waals surface area contributed by atoms with Crippen LogP contribution in [-0.2, 0) is 0 Å². The van der Waals surface area contributed by atoms with Crippen molar-refractivity contribution >= 4 is 17.6 Å². The number of thioether (sulfide) groups is 1. The second-order valence-electron chi connectivity index (χ2n) is 3.76. The minimum atomic E-state index is -0.969. The number of hydrogen-bond donors (Lipinski definition) is 3. The molecule has 1 aliphatic heterocycles. The maximum Gasteiger partial charge on any atom is 0.350 e. The molecule has 0 aliphatic carbocycles. The van der Waals surface area contributed by atoms with Crippen molar-refractivity contribution in [2.24, 2.45) is 0 Å². The van der Waals surface area contributed by atoms with Crippen molar-refractivity contribution in [3.8, 4) is 0 Å². The Bertz CT molecular complexity index is 450. The molecule has 0 aromatic carbocycles. The first-order valence-corrected chi connectivity index (χ1v) is 5.81. The van der Waals surface area contributed by atoms with Crippen molar-refractivity contribution in [2.45, 2.75) is 29.8 Å². The highest BCUT2D eigenvalue weighted by Gasteiger charge is 2.41. The van der Waals surface area contributed by atoms with Gasteiger partial charge in [0, 0.05) is 11.4 Å². The smallest absolute Gasteiger partial charge is 0.350 e. The SMILES string of the molecule is C[C@@H]1S[C@@H](n2ccc(N)nc2=O)[C@H](O)[C@@H]1O. The van der Waals surface area contributed by atoms with E-state index in [1.165, 1.54) is 28.6 Å². The fraction of sp³-hybridized carbons (Fsp3) is 0.556. The molecule has 0 amide bonds. The summed E-state index contributed by atoms with van der Waals surface area (Å²) >= 11 is 1.34. The summed E-state index contributed by atoms with van der Waals surface area (Å²) in [4.78, 5) is 15.1. The van der Waals surface area contributed by atoms with E-state index in [-0.39, 0.29) is 11.1 Å². The second-order valence-corrected chi connectivity index (χ2v) is 5.25. The number of nitrogens with two attached hydrogens (primary N) is 1. The first-order valence-electron chi connectivity index (χ1n) is 4.87. The molecular formula is C9H13N3O3S. The monoisotopic (exact) mass is 243 g/mol. The highest BCUT2D eigenvalue weighted by atomic mass is 32.2. The fourth-order valence-electron chi connectivity index (χ4n) is 1.68. The fourth-order valence-corrected chi connectivity index (χ4v) is 3.05. The van der Waals surface area contributed by atoms with Gasteiger partial charge in [-0.3, -0.25) is 4.57 Å². The first kappa shape index (κ1) is 11.4. The van der Waals surface area contributed by atoms with Gasteiger partial charge in [-0.2, -0.15) is 4.98 Å². The van der Waals surface area contributed by atoms with Crippen molar-refractivity contribution in [1.82, 2.24) is 9.55 Å². The number of aromatic nitrogens is 2. The Morgan fingerprint density at radius 1 is 1.50 bits per heavy atom. The first-order chi connectivity index (χ1) is 7.50. The van der Waals surface area contributed by atoms with Gasteiger partial charge in [-0.15, -0.1) is 11.8 Å². The van der Waals surface area contributed by atoms with Crippen LogP contribution in [0.3, 0.4) is 0 Å². The molecule has 1 saturated heterocycles. The third kappa shape index (κ3) is 1.81. The molecule has 1 aromatic rings. The van der Waals surface area contributed by atoms with Gasteiger partial charge >= 0.3 is 5.69 Å². The van der Waals surface area contributed by atoms with Crippen LogP contribution in [0.15, 0.2) is 17.1 Å². The summed E-state index contributed by atoms with van der Waals surface area (Å²) in [5.74, 6) is 0.146. The number of hydrogen-bond acceptors (Lipinski definition) is 6. The molecule has 88 valence electrons. The van der Waals surface area contributed by atoms with Crippen LogP contribution in [-0.4, -0.2) is 37.2 Å². The van der Waals surface area contributed by atoms with E-state index in [0.29, 0.717) is 0 Å². The molecule has 0 unspecified atom stereocenters. The van der Waals surface area contributed by atoms with Gasteiger partial charge in [0.05, 0.1) is 6.10 Å². The molecule has 4 atom stereocenters. The van der Waals surface area contributed by atoms with E-state index >= 15 is 0 Å². The number of aliphatic hydroxyl groups excluding tert-OH is 2. The standard InChI is InChI=1S/C9H13N3O3S/c1-4-6(13)7(14)8(16-4)12-3-2-5(10)11-9(12)15/h2-4,6-8,13-14H,1H3,(H2,10,11,15)/t4-,6+,7+,8+/m0/s1. The molecule has 0 bridgehead atoms. The third-order valence-corrected chi connectivity index (χ3v) is 4.10. The Morgan fingerprint density at radius 3 is 2.69 bits per heavy atom. The van der Waals surface area contributed by atoms with Crippen molar-refractivity contribution in [3.05, 3.63) is 22.7 Å². The molecule has 2 rings (SSSR count). The van der Waals surface area contributed by atoms with Crippen molar-refractivity contribution < 1.29 is 10.2 Å². The molecule has 0 spiro atoms. The summed E-state index contributed by atoms with van der Waals surface area (Å²) in [6.45, 7) is 1.80. The van der Waals surface area contributed by atoms with Crippen molar-refractivity contribution in [3.63, 3.8) is 0 Å². The Morgan fingerprint density at radius 2 is 2.19 bits per heavy atom. The van der Waals surface area contributed by atoms with E-state index in [2.05, 4.69) is 4.98 Å². The van der Waals surface area contributed by atoms with Crippen LogP contribution in [0.4, 0.5) is 5.82 Å². The number of nitrogen functional groups attached to an aromatic ring is 1. The lowest BCUT2D eigenvalue weighted by atomic mass is 10.1. The summed E-state index contributed by atoms with van der Waals surface area (Å²) < 4.78 is 1.29. The molecule has 0 saturated carbocycles. The van der Waals surface area contributed by atoms with E-state index < -0.39 is 23.3 Å². The average Bonchev–Trinajstić information content (AvgIpc) is 2.46. The quantitative estimate of drug-likeness (QED) is 0.596. The van der Waals surface area contributed by atoms with Gasteiger partial charge in [0.2, 0.25) is 0 Å². The molecule has 4 N–H and O–H groups in total. The summed E-state index contributed by atoms with van der Waals surface area (Å²) in [5, 5.41) is 18.8. The van der Waals surface area contributed by atoms with Crippen LogP contribution >= 0.6 is 11.8 Å². The van der Waals surface area contributed by atoms with Gasteiger partial charge in [-0.05, 0) is 6.07 Å². The molecule has 2 heterocycles. The van der Waals surface area contributed by atoms with Gasteiger partial charge in [0.1, 0.15) is 17.3 Å². The normalized spacial score (nSPS) is 34.2. The maximum atomic E-state index is 11.6. The zero-order valence-electron chi connectivity index (χ0n) is 8.65. The predicted molar refractivity (Wildman–Crippen MR) is 61.0 cm³/mol. The molecule has 1 aromatic heterocycles. The van der Waals surface area contributed by atoms with Crippen LogP contribution in [0.25, 0.3) is 0 Å². The summed E-state index contributed by atoms with van der Waals surface area (Å²) in [6, 6.07) is 1.49. The van der Waals surface area contributed by atoms with Crippen LogP contribution in [0.1, 0.15) is 12.3 Å². The zero-order valence-corrected chi connectivity index (χ0v) is 9.46. The van der Waals surface area contributed by atoms with Crippen molar-refractivity contribution in [2.75, 3.05) is 5.73 Å². The Balaban J connectivity index is 2.35. The number of aliphatic hydroxyl groups is 2. The second kappa shape index (κ2) is 4.08. The van der Waals surface area contributed by atoms with Gasteiger partial charge < -0.3 is 15.9 Å². The summed E-state index contributed by atoms with van der Waals surface area (Å²) in [6.07, 6.45) is -0.321. The molecule has 1 fully saturated rings. The molecule has 1 aliphatic rings. The van der Waals surface area contributed by atoms with Crippen molar-refractivity contribution in [1.29, 1.82) is 0 Å². The minimum absolute atomic E-state index is 0.121.